The largest absolute Gasteiger partial charge is 0.503 e. The van der Waals surface area contributed by atoms with Crippen molar-refractivity contribution < 1.29 is 9.84 Å². The van der Waals surface area contributed by atoms with Gasteiger partial charge >= 0.3 is 0 Å². The summed E-state index contributed by atoms with van der Waals surface area (Å²) in [5.41, 5.74) is 1.14. The summed E-state index contributed by atoms with van der Waals surface area (Å²) in [5, 5.41) is 9.77. The zero-order chi connectivity index (χ0) is 13.7. The highest BCUT2D eigenvalue weighted by atomic mass is 79.9. The Morgan fingerprint density at radius 2 is 2.06 bits per heavy atom. The topological polar surface area (TPSA) is 32.7 Å². The molecule has 102 valence electrons. The summed E-state index contributed by atoms with van der Waals surface area (Å²) in [7, 11) is 1.57. The molecule has 0 aliphatic carbocycles. The maximum Gasteiger partial charge on any atom is 0.172 e. The van der Waals surface area contributed by atoms with Gasteiger partial charge in [-0.2, -0.15) is 0 Å². The van der Waals surface area contributed by atoms with Crippen LogP contribution in [0.4, 0.5) is 0 Å². The quantitative estimate of drug-likeness (QED) is 0.870. The van der Waals surface area contributed by atoms with Crippen LogP contribution in [-0.4, -0.2) is 30.2 Å². The molecule has 4 heteroatoms. The number of halogens is 1. The molecule has 0 heterocycles. The molecule has 0 radical (unpaired) electrons. The molecule has 0 unspecified atom stereocenters. The van der Waals surface area contributed by atoms with Crippen molar-refractivity contribution in [2.24, 2.45) is 5.92 Å². The first-order valence-electron chi connectivity index (χ1n) is 6.25. The van der Waals surface area contributed by atoms with Gasteiger partial charge in [-0.3, -0.25) is 4.90 Å². The summed E-state index contributed by atoms with van der Waals surface area (Å²) in [4.78, 5) is 2.38. The molecule has 1 rings (SSSR count). The van der Waals surface area contributed by atoms with E-state index in [0.29, 0.717) is 16.1 Å². The van der Waals surface area contributed by atoms with Gasteiger partial charge < -0.3 is 9.84 Å². The molecule has 0 aliphatic rings. The van der Waals surface area contributed by atoms with Gasteiger partial charge in [0.05, 0.1) is 11.6 Å². The van der Waals surface area contributed by atoms with Gasteiger partial charge in [0.15, 0.2) is 11.5 Å². The number of hydrogen-bond donors (Lipinski definition) is 1. The number of phenols is 1. The number of hydrogen-bond acceptors (Lipinski definition) is 3. The van der Waals surface area contributed by atoms with Gasteiger partial charge in [0.1, 0.15) is 0 Å². The minimum Gasteiger partial charge on any atom is -0.503 e. The van der Waals surface area contributed by atoms with Gasteiger partial charge in [0, 0.05) is 13.1 Å². The van der Waals surface area contributed by atoms with E-state index in [2.05, 4.69) is 41.6 Å². The smallest absolute Gasteiger partial charge is 0.172 e. The van der Waals surface area contributed by atoms with Crippen LogP contribution in [0.3, 0.4) is 0 Å². The summed E-state index contributed by atoms with van der Waals surface area (Å²) in [6.07, 6.45) is 0. The Bertz CT molecular complexity index is 394. The van der Waals surface area contributed by atoms with Crippen LogP contribution in [0.15, 0.2) is 16.6 Å². The predicted molar refractivity (Wildman–Crippen MR) is 78.1 cm³/mol. The molecule has 0 amide bonds. The normalized spacial score (nSPS) is 11.3. The van der Waals surface area contributed by atoms with E-state index in [1.54, 1.807) is 7.11 Å². The molecular weight excluding hydrogens is 294 g/mol. The number of methoxy groups -OCH3 is 1. The van der Waals surface area contributed by atoms with Crippen molar-refractivity contribution in [1.82, 2.24) is 4.90 Å². The van der Waals surface area contributed by atoms with Crippen molar-refractivity contribution >= 4 is 15.9 Å². The number of rotatable bonds is 6. The third-order valence-corrected chi connectivity index (χ3v) is 3.39. The Hall–Kier alpha value is -0.740. The second kappa shape index (κ2) is 7.00. The Balaban J connectivity index is 2.86. The molecule has 3 nitrogen and oxygen atoms in total. The van der Waals surface area contributed by atoms with Crippen LogP contribution in [0.5, 0.6) is 11.5 Å². The molecule has 0 atom stereocenters. The predicted octanol–water partition coefficient (Wildman–Crippen LogP) is 3.64. The maximum atomic E-state index is 9.77. The Morgan fingerprint density at radius 3 is 2.56 bits per heavy atom. The van der Waals surface area contributed by atoms with Crippen molar-refractivity contribution in [3.8, 4) is 11.5 Å². The molecule has 0 spiro atoms. The number of nitrogens with zero attached hydrogens (tertiary/aromatic N) is 1. The average Bonchev–Trinajstić information content (AvgIpc) is 2.32. The lowest BCUT2D eigenvalue weighted by atomic mass is 10.1. The molecule has 18 heavy (non-hydrogen) atoms. The van der Waals surface area contributed by atoms with Crippen LogP contribution in [0, 0.1) is 5.92 Å². The van der Waals surface area contributed by atoms with Gasteiger partial charge in [0.2, 0.25) is 0 Å². The molecule has 0 aliphatic heterocycles. The Kier molecular flexibility index (Phi) is 5.96. The standard InChI is InChI=1S/C14H22BrNO2/c1-5-16(8-10(2)3)9-11-6-12(15)14(17)13(7-11)18-4/h6-7,10,17H,5,8-9H2,1-4H3. The summed E-state index contributed by atoms with van der Waals surface area (Å²) in [5.74, 6) is 1.32. The van der Waals surface area contributed by atoms with Gasteiger partial charge in [-0.15, -0.1) is 0 Å². The SMILES string of the molecule is CCN(Cc1cc(Br)c(O)c(OC)c1)CC(C)C. The summed E-state index contributed by atoms with van der Waals surface area (Å²) >= 11 is 3.35. The molecular formula is C14H22BrNO2. The molecule has 1 aromatic carbocycles. The fourth-order valence-corrected chi connectivity index (χ4v) is 2.44. The molecule has 1 aromatic rings. The van der Waals surface area contributed by atoms with Crippen molar-refractivity contribution in [1.29, 1.82) is 0 Å². The third kappa shape index (κ3) is 4.18. The van der Waals surface area contributed by atoms with Crippen molar-refractivity contribution in [2.75, 3.05) is 20.2 Å². The van der Waals surface area contributed by atoms with E-state index in [0.717, 1.165) is 25.2 Å². The van der Waals surface area contributed by atoms with Crippen LogP contribution in [-0.2, 0) is 6.54 Å². The van der Waals surface area contributed by atoms with Crippen LogP contribution >= 0.6 is 15.9 Å². The zero-order valence-corrected chi connectivity index (χ0v) is 13.1. The Morgan fingerprint density at radius 1 is 1.39 bits per heavy atom. The number of phenolic OH excluding ortho intramolecular Hbond substituents is 1. The monoisotopic (exact) mass is 315 g/mol. The van der Waals surface area contributed by atoms with Crippen LogP contribution in [0.2, 0.25) is 0 Å². The zero-order valence-electron chi connectivity index (χ0n) is 11.5. The molecule has 0 saturated heterocycles. The van der Waals surface area contributed by atoms with E-state index in [9.17, 15) is 5.11 Å². The van der Waals surface area contributed by atoms with E-state index in [1.807, 2.05) is 12.1 Å². The molecule has 0 bridgehead atoms. The lowest BCUT2D eigenvalue weighted by Crippen LogP contribution is -2.27. The minimum absolute atomic E-state index is 0.160. The lowest BCUT2D eigenvalue weighted by molar-refractivity contribution is 0.248. The van der Waals surface area contributed by atoms with Crippen molar-refractivity contribution in [2.45, 2.75) is 27.3 Å². The highest BCUT2D eigenvalue weighted by molar-refractivity contribution is 9.10. The second-order valence-electron chi connectivity index (χ2n) is 4.85. The summed E-state index contributed by atoms with van der Waals surface area (Å²) < 4.78 is 5.84. The fourth-order valence-electron chi connectivity index (χ4n) is 1.95. The Labute approximate surface area is 118 Å². The number of ether oxygens (including phenoxy) is 1. The highest BCUT2D eigenvalue weighted by Crippen LogP contribution is 2.35. The van der Waals surface area contributed by atoms with Crippen molar-refractivity contribution in [3.63, 3.8) is 0 Å². The third-order valence-electron chi connectivity index (χ3n) is 2.78. The van der Waals surface area contributed by atoms with Gasteiger partial charge in [-0.1, -0.05) is 20.8 Å². The molecule has 0 saturated carbocycles. The van der Waals surface area contributed by atoms with Gasteiger partial charge in [-0.25, -0.2) is 0 Å². The minimum atomic E-state index is 0.160. The first kappa shape index (κ1) is 15.3. The van der Waals surface area contributed by atoms with Gasteiger partial charge in [0.25, 0.3) is 0 Å². The summed E-state index contributed by atoms with van der Waals surface area (Å²) in [6, 6.07) is 3.84. The second-order valence-corrected chi connectivity index (χ2v) is 5.70. The highest BCUT2D eigenvalue weighted by Gasteiger charge is 2.11. The van der Waals surface area contributed by atoms with E-state index in [-0.39, 0.29) is 5.75 Å². The molecule has 0 fully saturated rings. The first-order valence-corrected chi connectivity index (χ1v) is 7.04. The first-order chi connectivity index (χ1) is 8.47. The lowest BCUT2D eigenvalue weighted by Gasteiger charge is -2.23. The molecule has 0 aromatic heterocycles. The van der Waals surface area contributed by atoms with Gasteiger partial charge in [-0.05, 0) is 46.1 Å². The van der Waals surface area contributed by atoms with E-state index in [1.165, 1.54) is 0 Å². The van der Waals surface area contributed by atoms with E-state index in [4.69, 9.17) is 4.74 Å². The van der Waals surface area contributed by atoms with Crippen LogP contribution in [0.25, 0.3) is 0 Å². The van der Waals surface area contributed by atoms with Crippen LogP contribution in [0.1, 0.15) is 26.3 Å². The average molecular weight is 316 g/mol. The maximum absolute atomic E-state index is 9.77. The number of aromatic hydroxyl groups is 1. The number of benzene rings is 1. The van der Waals surface area contributed by atoms with Crippen molar-refractivity contribution in [3.05, 3.63) is 22.2 Å². The molecule has 1 N–H and O–H groups in total. The summed E-state index contributed by atoms with van der Waals surface area (Å²) in [6.45, 7) is 9.54. The van der Waals surface area contributed by atoms with Crippen LogP contribution < -0.4 is 4.74 Å². The van der Waals surface area contributed by atoms with E-state index < -0.39 is 0 Å². The van der Waals surface area contributed by atoms with E-state index >= 15 is 0 Å². The fraction of sp³-hybridized carbons (Fsp3) is 0.571.